The molecule has 0 aromatic heterocycles. The number of hydrogen-bond acceptors (Lipinski definition) is 3. The van der Waals surface area contributed by atoms with Gasteiger partial charge in [0.15, 0.2) is 6.29 Å². The average Bonchev–Trinajstić information content (AvgIpc) is 2.94. The van der Waals surface area contributed by atoms with Crippen LogP contribution in [0, 0.1) is 5.92 Å². The Hall–Kier alpha value is -0.380. The second kappa shape index (κ2) is 5.51. The van der Waals surface area contributed by atoms with Crippen molar-refractivity contribution in [3.8, 4) is 0 Å². The van der Waals surface area contributed by atoms with Crippen LogP contribution in [-0.4, -0.2) is 43.5 Å². The maximum absolute atomic E-state index is 5.62. The Bertz CT molecular complexity index is 265. The van der Waals surface area contributed by atoms with Gasteiger partial charge in [0.2, 0.25) is 0 Å². The molecule has 0 spiro atoms. The zero-order chi connectivity index (χ0) is 11.5. The quantitative estimate of drug-likeness (QED) is 0.687. The highest BCUT2D eigenvalue weighted by molar-refractivity contribution is 4.99. The molecule has 96 valence electrons. The summed E-state index contributed by atoms with van der Waals surface area (Å²) >= 11 is 0. The van der Waals surface area contributed by atoms with Crippen LogP contribution in [0.3, 0.4) is 0 Å². The molecule has 0 bridgehead atoms. The molecule has 1 unspecified atom stereocenters. The molecule has 3 nitrogen and oxygen atoms in total. The summed E-state index contributed by atoms with van der Waals surface area (Å²) in [5.41, 5.74) is 0. The van der Waals surface area contributed by atoms with Crippen molar-refractivity contribution in [2.45, 2.75) is 44.4 Å². The summed E-state index contributed by atoms with van der Waals surface area (Å²) in [6, 6.07) is 0.704. The fourth-order valence-electron chi connectivity index (χ4n) is 3.27. The van der Waals surface area contributed by atoms with E-state index in [4.69, 9.17) is 9.47 Å². The van der Waals surface area contributed by atoms with Crippen LogP contribution in [0.4, 0.5) is 0 Å². The molecule has 2 heterocycles. The van der Waals surface area contributed by atoms with Crippen molar-refractivity contribution in [1.82, 2.24) is 4.90 Å². The second-order valence-electron chi connectivity index (χ2n) is 5.41. The molecule has 3 heteroatoms. The lowest BCUT2D eigenvalue weighted by atomic mass is 9.93. The molecule has 0 radical (unpaired) electrons. The zero-order valence-electron chi connectivity index (χ0n) is 10.5. The topological polar surface area (TPSA) is 21.7 Å². The van der Waals surface area contributed by atoms with E-state index in [0.29, 0.717) is 12.0 Å². The van der Waals surface area contributed by atoms with E-state index in [0.717, 1.165) is 13.2 Å². The molecule has 17 heavy (non-hydrogen) atoms. The lowest BCUT2D eigenvalue weighted by Crippen LogP contribution is -2.43. The zero-order valence-corrected chi connectivity index (χ0v) is 10.5. The number of allylic oxidation sites excluding steroid dienone is 1. The first-order valence-electron chi connectivity index (χ1n) is 7.07. The van der Waals surface area contributed by atoms with Crippen molar-refractivity contribution in [2.24, 2.45) is 5.92 Å². The van der Waals surface area contributed by atoms with E-state index in [-0.39, 0.29) is 6.29 Å². The van der Waals surface area contributed by atoms with Gasteiger partial charge >= 0.3 is 0 Å². The first-order valence-corrected chi connectivity index (χ1v) is 7.07. The Kier molecular flexibility index (Phi) is 3.79. The molecule has 0 aromatic carbocycles. The summed E-state index contributed by atoms with van der Waals surface area (Å²) in [5.74, 6) is 0.626. The molecule has 0 amide bonds. The summed E-state index contributed by atoms with van der Waals surface area (Å²) in [6.45, 7) is 4.00. The maximum atomic E-state index is 5.62. The summed E-state index contributed by atoms with van der Waals surface area (Å²) < 4.78 is 11.2. The third kappa shape index (κ3) is 2.72. The molecule has 0 aromatic rings. The van der Waals surface area contributed by atoms with Crippen molar-refractivity contribution in [3.05, 3.63) is 12.2 Å². The fraction of sp³-hybridized carbons (Fsp3) is 0.857. The Labute approximate surface area is 104 Å². The van der Waals surface area contributed by atoms with Crippen molar-refractivity contribution >= 4 is 0 Å². The van der Waals surface area contributed by atoms with Gasteiger partial charge in [0.05, 0.1) is 13.2 Å². The first-order chi connectivity index (χ1) is 8.43. The minimum Gasteiger partial charge on any atom is -0.350 e. The maximum Gasteiger partial charge on any atom is 0.160 e. The average molecular weight is 237 g/mol. The molecule has 2 saturated heterocycles. The van der Waals surface area contributed by atoms with Crippen LogP contribution in [0.25, 0.3) is 0 Å². The number of piperidine rings is 1. The number of rotatable bonds is 2. The van der Waals surface area contributed by atoms with E-state index in [1.807, 2.05) is 0 Å². The third-order valence-corrected chi connectivity index (χ3v) is 4.30. The van der Waals surface area contributed by atoms with E-state index in [1.54, 1.807) is 0 Å². The van der Waals surface area contributed by atoms with Crippen LogP contribution in [0.15, 0.2) is 12.2 Å². The van der Waals surface area contributed by atoms with E-state index < -0.39 is 0 Å². The molecular weight excluding hydrogens is 214 g/mol. The molecule has 2 aliphatic heterocycles. The Morgan fingerprint density at radius 3 is 2.41 bits per heavy atom. The number of ether oxygens (including phenoxy) is 2. The lowest BCUT2D eigenvalue weighted by molar-refractivity contribution is -0.0987. The van der Waals surface area contributed by atoms with Gasteiger partial charge in [-0.15, -0.1) is 0 Å². The summed E-state index contributed by atoms with van der Waals surface area (Å²) in [7, 11) is 0. The summed E-state index contributed by atoms with van der Waals surface area (Å²) in [6.07, 6.45) is 11.3. The van der Waals surface area contributed by atoms with Crippen LogP contribution in [0.5, 0.6) is 0 Å². The molecule has 2 fully saturated rings. The van der Waals surface area contributed by atoms with Gasteiger partial charge in [-0.3, -0.25) is 4.90 Å². The molecule has 3 aliphatic rings. The first kappa shape index (κ1) is 11.7. The monoisotopic (exact) mass is 237 g/mol. The summed E-state index contributed by atoms with van der Waals surface area (Å²) in [5, 5.41) is 0. The van der Waals surface area contributed by atoms with Crippen LogP contribution >= 0.6 is 0 Å². The van der Waals surface area contributed by atoms with Gasteiger partial charge in [0.25, 0.3) is 0 Å². The van der Waals surface area contributed by atoms with Crippen molar-refractivity contribution in [2.75, 3.05) is 26.3 Å². The van der Waals surface area contributed by atoms with Gasteiger partial charge in [-0.05, 0) is 45.2 Å². The van der Waals surface area contributed by atoms with Gasteiger partial charge in [0.1, 0.15) is 0 Å². The molecule has 1 aliphatic carbocycles. The van der Waals surface area contributed by atoms with Gasteiger partial charge < -0.3 is 9.47 Å². The standard InChI is InChI=1S/C14H23NO2/c1-2-4-13(5-3-1)15-8-6-12(7-9-15)14-16-10-11-17-14/h2,4,12-14H,1,3,5-11H2. The van der Waals surface area contributed by atoms with Crippen LogP contribution < -0.4 is 0 Å². The fourth-order valence-corrected chi connectivity index (χ4v) is 3.27. The highest BCUT2D eigenvalue weighted by Gasteiger charge is 2.31. The number of nitrogens with zero attached hydrogens (tertiary/aromatic N) is 1. The van der Waals surface area contributed by atoms with Gasteiger partial charge in [0, 0.05) is 12.0 Å². The summed E-state index contributed by atoms with van der Waals surface area (Å²) in [4.78, 5) is 2.64. The normalized spacial score (nSPS) is 33.3. The Morgan fingerprint density at radius 1 is 1.00 bits per heavy atom. The SMILES string of the molecule is C1=CC(N2CCC(C3OCCO3)CC2)CCC1. The highest BCUT2D eigenvalue weighted by atomic mass is 16.7. The second-order valence-corrected chi connectivity index (χ2v) is 5.41. The molecular formula is C14H23NO2. The Morgan fingerprint density at radius 2 is 1.76 bits per heavy atom. The van der Waals surface area contributed by atoms with E-state index in [9.17, 15) is 0 Å². The molecule has 3 rings (SSSR count). The largest absolute Gasteiger partial charge is 0.350 e. The third-order valence-electron chi connectivity index (χ3n) is 4.30. The smallest absolute Gasteiger partial charge is 0.160 e. The lowest BCUT2D eigenvalue weighted by Gasteiger charge is -2.38. The predicted octanol–water partition coefficient (Wildman–Crippen LogP) is 2.18. The van der Waals surface area contributed by atoms with Gasteiger partial charge in [-0.1, -0.05) is 12.2 Å². The van der Waals surface area contributed by atoms with Crippen molar-refractivity contribution < 1.29 is 9.47 Å². The molecule has 1 atom stereocenters. The van der Waals surface area contributed by atoms with E-state index >= 15 is 0 Å². The van der Waals surface area contributed by atoms with Gasteiger partial charge in [-0.25, -0.2) is 0 Å². The predicted molar refractivity (Wildman–Crippen MR) is 66.8 cm³/mol. The van der Waals surface area contributed by atoms with Crippen molar-refractivity contribution in [1.29, 1.82) is 0 Å². The number of likely N-dealkylation sites (tertiary alicyclic amines) is 1. The van der Waals surface area contributed by atoms with E-state index in [2.05, 4.69) is 17.1 Å². The molecule has 0 saturated carbocycles. The highest BCUT2D eigenvalue weighted by Crippen LogP contribution is 2.28. The Balaban J connectivity index is 1.49. The molecule has 0 N–H and O–H groups in total. The van der Waals surface area contributed by atoms with Gasteiger partial charge in [-0.2, -0.15) is 0 Å². The van der Waals surface area contributed by atoms with Crippen LogP contribution in [0.1, 0.15) is 32.1 Å². The van der Waals surface area contributed by atoms with E-state index in [1.165, 1.54) is 45.2 Å². The number of hydrogen-bond donors (Lipinski definition) is 0. The van der Waals surface area contributed by atoms with Crippen LogP contribution in [-0.2, 0) is 9.47 Å². The van der Waals surface area contributed by atoms with Crippen molar-refractivity contribution in [3.63, 3.8) is 0 Å². The van der Waals surface area contributed by atoms with Crippen LogP contribution in [0.2, 0.25) is 0 Å². The minimum absolute atomic E-state index is 0.0963. The minimum atomic E-state index is 0.0963.